The van der Waals surface area contributed by atoms with Crippen LogP contribution in [0.4, 0.5) is 0 Å². The molecule has 0 heterocycles. The summed E-state index contributed by atoms with van der Waals surface area (Å²) in [5.74, 6) is 0.528. The quantitative estimate of drug-likeness (QED) is 0.568. The van der Waals surface area contributed by atoms with Crippen LogP contribution in [0.2, 0.25) is 0 Å². The lowest BCUT2D eigenvalue weighted by Gasteiger charge is -2.25. The van der Waals surface area contributed by atoms with Gasteiger partial charge in [0.1, 0.15) is 0 Å². The third kappa shape index (κ3) is 9.00. The van der Waals surface area contributed by atoms with Gasteiger partial charge in [0.05, 0.1) is 12.6 Å². The summed E-state index contributed by atoms with van der Waals surface area (Å²) in [5, 5.41) is 6.33. The van der Waals surface area contributed by atoms with Gasteiger partial charge in [-0.05, 0) is 26.2 Å². The molecule has 0 saturated heterocycles. The Balaban J connectivity index is 4.01. The van der Waals surface area contributed by atoms with Gasteiger partial charge in [-0.3, -0.25) is 4.79 Å². The highest BCUT2D eigenvalue weighted by Gasteiger charge is 2.19. The van der Waals surface area contributed by atoms with Gasteiger partial charge >= 0.3 is 0 Å². The average molecular weight is 272 g/mol. The molecule has 0 aliphatic rings. The van der Waals surface area contributed by atoms with E-state index in [0.29, 0.717) is 19.1 Å². The second kappa shape index (κ2) is 11.2. The van der Waals surface area contributed by atoms with Gasteiger partial charge in [-0.25, -0.2) is 0 Å². The molecule has 1 amide bonds. The topological polar surface area (TPSA) is 50.4 Å². The van der Waals surface area contributed by atoms with Crippen LogP contribution in [-0.4, -0.2) is 37.7 Å². The molecular formula is C15H32N2O2. The SMILES string of the molecule is CCCCCNC(=O)C(C)NC(COCC)C(C)C. The maximum absolute atomic E-state index is 11.9. The first-order chi connectivity index (χ1) is 9.02. The molecule has 0 aromatic carbocycles. The maximum Gasteiger partial charge on any atom is 0.236 e. The molecule has 2 N–H and O–H groups in total. The van der Waals surface area contributed by atoms with Crippen molar-refractivity contribution < 1.29 is 9.53 Å². The van der Waals surface area contributed by atoms with E-state index in [1.807, 2.05) is 13.8 Å². The Morgan fingerprint density at radius 3 is 2.37 bits per heavy atom. The number of hydrogen-bond donors (Lipinski definition) is 2. The van der Waals surface area contributed by atoms with Crippen LogP contribution >= 0.6 is 0 Å². The zero-order valence-electron chi connectivity index (χ0n) is 13.3. The zero-order valence-corrected chi connectivity index (χ0v) is 13.3. The largest absolute Gasteiger partial charge is 0.380 e. The number of rotatable bonds is 11. The van der Waals surface area contributed by atoms with Gasteiger partial charge in [0.2, 0.25) is 5.91 Å². The van der Waals surface area contributed by atoms with Gasteiger partial charge in [-0.15, -0.1) is 0 Å². The van der Waals surface area contributed by atoms with Crippen molar-refractivity contribution >= 4 is 5.91 Å². The van der Waals surface area contributed by atoms with Crippen LogP contribution in [-0.2, 0) is 9.53 Å². The molecule has 0 aromatic heterocycles. The molecule has 0 fully saturated rings. The van der Waals surface area contributed by atoms with Crippen LogP contribution in [0.1, 0.15) is 53.9 Å². The Morgan fingerprint density at radius 2 is 1.84 bits per heavy atom. The summed E-state index contributed by atoms with van der Waals surface area (Å²) in [7, 11) is 0. The van der Waals surface area contributed by atoms with Gasteiger partial charge in [0, 0.05) is 19.2 Å². The monoisotopic (exact) mass is 272 g/mol. The van der Waals surface area contributed by atoms with E-state index in [0.717, 1.165) is 13.0 Å². The Bertz CT molecular complexity index is 232. The second-order valence-corrected chi connectivity index (χ2v) is 5.40. The lowest BCUT2D eigenvalue weighted by atomic mass is 10.0. The van der Waals surface area contributed by atoms with Crippen molar-refractivity contribution in [3.8, 4) is 0 Å². The summed E-state index contributed by atoms with van der Waals surface area (Å²) >= 11 is 0. The van der Waals surface area contributed by atoms with Crippen LogP contribution in [0.25, 0.3) is 0 Å². The number of carbonyl (C=O) groups is 1. The Kier molecular flexibility index (Phi) is 10.9. The Hall–Kier alpha value is -0.610. The lowest BCUT2D eigenvalue weighted by molar-refractivity contribution is -0.123. The highest BCUT2D eigenvalue weighted by atomic mass is 16.5. The Morgan fingerprint density at radius 1 is 1.16 bits per heavy atom. The van der Waals surface area contributed by atoms with Gasteiger partial charge in [0.15, 0.2) is 0 Å². The number of hydrogen-bond acceptors (Lipinski definition) is 3. The van der Waals surface area contributed by atoms with Crippen molar-refractivity contribution in [3.63, 3.8) is 0 Å². The smallest absolute Gasteiger partial charge is 0.236 e. The van der Waals surface area contributed by atoms with E-state index in [9.17, 15) is 4.79 Å². The van der Waals surface area contributed by atoms with Crippen LogP contribution in [0.5, 0.6) is 0 Å². The van der Waals surface area contributed by atoms with Crippen molar-refractivity contribution in [2.45, 2.75) is 66.0 Å². The molecule has 0 aliphatic heterocycles. The number of amides is 1. The van der Waals surface area contributed by atoms with E-state index in [1.165, 1.54) is 12.8 Å². The van der Waals surface area contributed by atoms with Gasteiger partial charge < -0.3 is 15.4 Å². The minimum Gasteiger partial charge on any atom is -0.380 e. The molecule has 4 nitrogen and oxygen atoms in total. The van der Waals surface area contributed by atoms with Gasteiger partial charge in [-0.2, -0.15) is 0 Å². The fourth-order valence-electron chi connectivity index (χ4n) is 1.81. The zero-order chi connectivity index (χ0) is 14.7. The standard InChI is InChI=1S/C15H32N2O2/c1-6-8-9-10-16-15(18)13(5)17-14(12(3)4)11-19-7-2/h12-14,17H,6-11H2,1-5H3,(H,16,18). The fourth-order valence-corrected chi connectivity index (χ4v) is 1.81. The summed E-state index contributed by atoms with van der Waals surface area (Å²) in [4.78, 5) is 11.9. The van der Waals surface area contributed by atoms with Crippen molar-refractivity contribution in [3.05, 3.63) is 0 Å². The molecule has 0 spiro atoms. The number of unbranched alkanes of at least 4 members (excludes halogenated alkanes) is 2. The van der Waals surface area contributed by atoms with Crippen molar-refractivity contribution in [1.29, 1.82) is 0 Å². The van der Waals surface area contributed by atoms with E-state index in [4.69, 9.17) is 4.74 Å². The molecule has 4 heteroatoms. The van der Waals surface area contributed by atoms with Crippen LogP contribution < -0.4 is 10.6 Å². The first kappa shape index (κ1) is 18.4. The molecule has 114 valence electrons. The summed E-state index contributed by atoms with van der Waals surface area (Å²) in [6.07, 6.45) is 3.40. The Labute approximate surface area is 118 Å². The summed E-state index contributed by atoms with van der Waals surface area (Å²) in [5.41, 5.74) is 0. The first-order valence-electron chi connectivity index (χ1n) is 7.64. The summed E-state index contributed by atoms with van der Waals surface area (Å²) in [6.45, 7) is 12.5. The molecular weight excluding hydrogens is 240 g/mol. The highest BCUT2D eigenvalue weighted by molar-refractivity contribution is 5.81. The minimum atomic E-state index is -0.172. The predicted molar refractivity (Wildman–Crippen MR) is 80.3 cm³/mol. The molecule has 0 rings (SSSR count). The van der Waals surface area contributed by atoms with Crippen molar-refractivity contribution in [2.75, 3.05) is 19.8 Å². The normalized spacial score (nSPS) is 14.4. The van der Waals surface area contributed by atoms with Crippen molar-refractivity contribution in [2.24, 2.45) is 5.92 Å². The molecule has 0 saturated carbocycles. The molecule has 2 unspecified atom stereocenters. The number of ether oxygens (including phenoxy) is 1. The average Bonchev–Trinajstić information content (AvgIpc) is 2.38. The van der Waals surface area contributed by atoms with Crippen molar-refractivity contribution in [1.82, 2.24) is 10.6 Å². The van der Waals surface area contributed by atoms with Crippen LogP contribution in [0.15, 0.2) is 0 Å². The van der Waals surface area contributed by atoms with Gasteiger partial charge in [-0.1, -0.05) is 33.6 Å². The predicted octanol–water partition coefficient (Wildman–Crippen LogP) is 2.33. The summed E-state index contributed by atoms with van der Waals surface area (Å²) < 4.78 is 5.46. The third-order valence-corrected chi connectivity index (χ3v) is 3.24. The van der Waals surface area contributed by atoms with Crippen LogP contribution in [0.3, 0.4) is 0 Å². The van der Waals surface area contributed by atoms with Gasteiger partial charge in [0.25, 0.3) is 0 Å². The third-order valence-electron chi connectivity index (χ3n) is 3.24. The molecule has 19 heavy (non-hydrogen) atoms. The lowest BCUT2D eigenvalue weighted by Crippen LogP contribution is -2.50. The van der Waals surface area contributed by atoms with E-state index in [2.05, 4.69) is 31.4 Å². The molecule has 2 atom stereocenters. The van der Waals surface area contributed by atoms with Crippen LogP contribution in [0, 0.1) is 5.92 Å². The maximum atomic E-state index is 11.9. The fraction of sp³-hybridized carbons (Fsp3) is 0.933. The highest BCUT2D eigenvalue weighted by Crippen LogP contribution is 2.04. The van der Waals surface area contributed by atoms with E-state index < -0.39 is 0 Å². The minimum absolute atomic E-state index is 0.0817. The first-order valence-corrected chi connectivity index (χ1v) is 7.64. The summed E-state index contributed by atoms with van der Waals surface area (Å²) in [6, 6.07) is 0.0471. The van der Waals surface area contributed by atoms with E-state index >= 15 is 0 Å². The number of nitrogens with one attached hydrogen (secondary N) is 2. The molecule has 0 bridgehead atoms. The van der Waals surface area contributed by atoms with E-state index in [1.54, 1.807) is 0 Å². The second-order valence-electron chi connectivity index (χ2n) is 5.40. The molecule has 0 aromatic rings. The van der Waals surface area contributed by atoms with E-state index in [-0.39, 0.29) is 18.0 Å². The molecule has 0 radical (unpaired) electrons. The number of carbonyl (C=O) groups excluding carboxylic acids is 1. The molecule has 0 aliphatic carbocycles.